The molecule has 2 atom stereocenters. The molecule has 0 amide bonds. The van der Waals surface area contributed by atoms with Crippen molar-refractivity contribution in [2.24, 2.45) is 0 Å². The first kappa shape index (κ1) is 11.0. The zero-order valence-electron chi connectivity index (χ0n) is 9.29. The first-order chi connectivity index (χ1) is 5.71. The second-order valence-corrected chi connectivity index (χ2v) is 5.15. The average molecular weight is 187 g/mol. The van der Waals surface area contributed by atoms with Crippen molar-refractivity contribution < 1.29 is 9.84 Å². The van der Waals surface area contributed by atoms with Crippen LogP contribution in [0.1, 0.15) is 34.6 Å². The Bertz CT molecular complexity index is 184. The largest absolute Gasteiger partial charge is 0.365 e. The fourth-order valence-electron chi connectivity index (χ4n) is 1.75. The van der Waals surface area contributed by atoms with Gasteiger partial charge in [0.2, 0.25) is 0 Å². The molecular weight excluding hydrogens is 166 g/mol. The van der Waals surface area contributed by atoms with Gasteiger partial charge in [0.25, 0.3) is 0 Å². The van der Waals surface area contributed by atoms with E-state index in [-0.39, 0.29) is 11.6 Å². The van der Waals surface area contributed by atoms with Crippen molar-refractivity contribution in [3.8, 4) is 0 Å². The van der Waals surface area contributed by atoms with Gasteiger partial charge in [-0.1, -0.05) is 0 Å². The van der Waals surface area contributed by atoms with Crippen LogP contribution in [0, 0.1) is 0 Å². The van der Waals surface area contributed by atoms with Gasteiger partial charge < -0.3 is 9.84 Å². The molecule has 78 valence electrons. The Morgan fingerprint density at radius 2 is 2.00 bits per heavy atom. The first-order valence-electron chi connectivity index (χ1n) is 4.86. The molecule has 0 saturated carbocycles. The number of nitrogens with zero attached hydrogens (tertiary/aromatic N) is 1. The van der Waals surface area contributed by atoms with E-state index in [1.165, 1.54) is 0 Å². The van der Waals surface area contributed by atoms with E-state index in [0.29, 0.717) is 6.54 Å². The lowest BCUT2D eigenvalue weighted by Gasteiger charge is -2.46. The number of rotatable bonds is 0. The molecule has 2 unspecified atom stereocenters. The minimum Gasteiger partial charge on any atom is -0.365 e. The summed E-state index contributed by atoms with van der Waals surface area (Å²) in [5, 5.41) is 9.81. The van der Waals surface area contributed by atoms with Crippen LogP contribution in [0.5, 0.6) is 0 Å². The molecule has 13 heavy (non-hydrogen) atoms. The molecule has 0 aromatic heterocycles. The summed E-state index contributed by atoms with van der Waals surface area (Å²) >= 11 is 0. The third-order valence-electron chi connectivity index (χ3n) is 2.37. The Balaban J connectivity index is 2.69. The smallest absolute Gasteiger partial charge is 0.175 e. The van der Waals surface area contributed by atoms with Crippen molar-refractivity contribution in [3.05, 3.63) is 0 Å². The minimum atomic E-state index is -0.995. The molecule has 3 heteroatoms. The summed E-state index contributed by atoms with van der Waals surface area (Å²) in [5.41, 5.74) is 0.0992. The number of β-amino-alcohol motifs (C(OH)–C–C–N with tert-alkyl or cyclic N) is 1. The molecule has 0 radical (unpaired) electrons. The minimum absolute atomic E-state index is 0.0992. The summed E-state index contributed by atoms with van der Waals surface area (Å²) in [5.74, 6) is -0.995. The zero-order valence-corrected chi connectivity index (χ0v) is 9.29. The maximum Gasteiger partial charge on any atom is 0.175 e. The number of hydrogen-bond acceptors (Lipinski definition) is 3. The van der Waals surface area contributed by atoms with Gasteiger partial charge in [-0.05, 0) is 34.6 Å². The summed E-state index contributed by atoms with van der Waals surface area (Å²) in [6, 6.07) is 0. The lowest BCUT2D eigenvalue weighted by atomic mass is 10.0. The topological polar surface area (TPSA) is 32.7 Å². The van der Waals surface area contributed by atoms with Crippen molar-refractivity contribution in [1.29, 1.82) is 0 Å². The van der Waals surface area contributed by atoms with Gasteiger partial charge in [0.1, 0.15) is 0 Å². The highest BCUT2D eigenvalue weighted by atomic mass is 16.6. The van der Waals surface area contributed by atoms with Gasteiger partial charge in [-0.25, -0.2) is 0 Å². The van der Waals surface area contributed by atoms with Crippen LogP contribution < -0.4 is 0 Å². The van der Waals surface area contributed by atoms with Crippen molar-refractivity contribution in [1.82, 2.24) is 4.90 Å². The van der Waals surface area contributed by atoms with E-state index >= 15 is 0 Å². The van der Waals surface area contributed by atoms with Crippen LogP contribution in [0.3, 0.4) is 0 Å². The molecule has 0 spiro atoms. The fourth-order valence-corrected chi connectivity index (χ4v) is 1.75. The van der Waals surface area contributed by atoms with Crippen molar-refractivity contribution >= 4 is 0 Å². The van der Waals surface area contributed by atoms with E-state index in [4.69, 9.17) is 4.74 Å². The summed E-state index contributed by atoms with van der Waals surface area (Å²) in [7, 11) is 0. The predicted molar refractivity (Wildman–Crippen MR) is 52.5 cm³/mol. The highest BCUT2D eigenvalue weighted by molar-refractivity contribution is 4.85. The average Bonchev–Trinajstić information content (AvgIpc) is 1.79. The highest BCUT2D eigenvalue weighted by Gasteiger charge is 2.37. The van der Waals surface area contributed by atoms with Gasteiger partial charge in [0.15, 0.2) is 5.79 Å². The highest BCUT2D eigenvalue weighted by Crippen LogP contribution is 2.24. The van der Waals surface area contributed by atoms with Gasteiger partial charge in [0, 0.05) is 12.1 Å². The van der Waals surface area contributed by atoms with E-state index in [9.17, 15) is 5.11 Å². The van der Waals surface area contributed by atoms with Gasteiger partial charge in [-0.15, -0.1) is 0 Å². The molecule has 1 aliphatic heterocycles. The Kier molecular flexibility index (Phi) is 2.72. The molecule has 1 saturated heterocycles. The maximum atomic E-state index is 9.81. The molecule has 0 aromatic carbocycles. The Morgan fingerprint density at radius 3 is 2.38 bits per heavy atom. The van der Waals surface area contributed by atoms with Crippen molar-refractivity contribution in [2.45, 2.75) is 52.0 Å². The molecule has 1 N–H and O–H groups in total. The monoisotopic (exact) mass is 187 g/mol. The molecule has 1 fully saturated rings. The fraction of sp³-hybridized carbons (Fsp3) is 1.00. The SMILES string of the molecule is CC1CN(C(C)(C)C)CC(C)(O)O1. The van der Waals surface area contributed by atoms with E-state index in [2.05, 4.69) is 25.7 Å². The maximum absolute atomic E-state index is 9.81. The van der Waals surface area contributed by atoms with Gasteiger partial charge in [-0.2, -0.15) is 0 Å². The molecule has 0 aliphatic carbocycles. The van der Waals surface area contributed by atoms with Gasteiger partial charge in [0.05, 0.1) is 12.6 Å². The van der Waals surface area contributed by atoms with Crippen LogP contribution >= 0.6 is 0 Å². The zero-order chi connectivity index (χ0) is 10.3. The standard InChI is InChI=1S/C10H21NO2/c1-8-6-11(9(2,3)4)7-10(5,12)13-8/h8,12H,6-7H2,1-5H3. The molecular formula is C10H21NO2. The molecule has 0 aromatic rings. The lowest BCUT2D eigenvalue weighted by Crippen LogP contribution is -2.58. The van der Waals surface area contributed by atoms with E-state index < -0.39 is 5.79 Å². The van der Waals surface area contributed by atoms with Crippen LogP contribution in [-0.4, -0.2) is 40.5 Å². The van der Waals surface area contributed by atoms with Gasteiger partial charge in [-0.3, -0.25) is 4.90 Å². The summed E-state index contributed by atoms with van der Waals surface area (Å²) in [6.45, 7) is 11.7. The van der Waals surface area contributed by atoms with E-state index in [1.54, 1.807) is 6.92 Å². The Labute approximate surface area is 80.7 Å². The van der Waals surface area contributed by atoms with E-state index in [0.717, 1.165) is 6.54 Å². The summed E-state index contributed by atoms with van der Waals surface area (Å²) < 4.78 is 5.41. The number of aliphatic hydroxyl groups is 1. The molecule has 1 heterocycles. The molecule has 1 aliphatic rings. The number of ether oxygens (including phenoxy) is 1. The third kappa shape index (κ3) is 2.93. The molecule has 3 nitrogen and oxygen atoms in total. The Hall–Kier alpha value is -0.120. The molecule has 0 bridgehead atoms. The normalized spacial score (nSPS) is 37.8. The summed E-state index contributed by atoms with van der Waals surface area (Å²) in [4.78, 5) is 2.25. The quantitative estimate of drug-likeness (QED) is 0.619. The van der Waals surface area contributed by atoms with Crippen LogP contribution in [0.25, 0.3) is 0 Å². The number of morpholine rings is 1. The van der Waals surface area contributed by atoms with Crippen LogP contribution in [0.15, 0.2) is 0 Å². The van der Waals surface area contributed by atoms with Crippen molar-refractivity contribution in [3.63, 3.8) is 0 Å². The van der Waals surface area contributed by atoms with Crippen LogP contribution in [0.4, 0.5) is 0 Å². The van der Waals surface area contributed by atoms with Crippen molar-refractivity contribution in [2.75, 3.05) is 13.1 Å². The van der Waals surface area contributed by atoms with Gasteiger partial charge >= 0.3 is 0 Å². The number of hydrogen-bond donors (Lipinski definition) is 1. The summed E-state index contributed by atoms with van der Waals surface area (Å²) in [6.07, 6.45) is 0.1000. The molecule has 1 rings (SSSR count). The second kappa shape index (κ2) is 3.23. The van der Waals surface area contributed by atoms with Crippen LogP contribution in [0.2, 0.25) is 0 Å². The first-order valence-corrected chi connectivity index (χ1v) is 4.86. The Morgan fingerprint density at radius 1 is 1.46 bits per heavy atom. The van der Waals surface area contributed by atoms with E-state index in [1.807, 2.05) is 6.92 Å². The lowest BCUT2D eigenvalue weighted by molar-refractivity contribution is -0.261. The van der Waals surface area contributed by atoms with Crippen LogP contribution in [-0.2, 0) is 4.74 Å². The predicted octanol–water partition coefficient (Wildman–Crippen LogP) is 1.21. The third-order valence-corrected chi connectivity index (χ3v) is 2.37. The second-order valence-electron chi connectivity index (χ2n) is 5.15.